The van der Waals surface area contributed by atoms with Gasteiger partial charge in [0.25, 0.3) is 0 Å². The summed E-state index contributed by atoms with van der Waals surface area (Å²) in [7, 11) is 1.97. The number of hydrogen-bond donors (Lipinski definition) is 1. The molecule has 0 aliphatic carbocycles. The van der Waals surface area contributed by atoms with E-state index in [4.69, 9.17) is 0 Å². The highest BCUT2D eigenvalue weighted by Crippen LogP contribution is 2.26. The summed E-state index contributed by atoms with van der Waals surface area (Å²) in [6, 6.07) is 19.4. The lowest BCUT2D eigenvalue weighted by Gasteiger charge is -2.33. The van der Waals surface area contributed by atoms with Gasteiger partial charge in [0.15, 0.2) is 0 Å². The van der Waals surface area contributed by atoms with Crippen LogP contribution in [-0.2, 0) is 6.42 Å². The maximum absolute atomic E-state index is 3.20. The van der Waals surface area contributed by atoms with Gasteiger partial charge in [-0.2, -0.15) is 0 Å². The number of anilines is 1. The molecule has 1 saturated heterocycles. The lowest BCUT2D eigenvalue weighted by molar-refractivity contribution is 0.198. The molecule has 0 spiro atoms. The zero-order valence-electron chi connectivity index (χ0n) is 13.7. The van der Waals surface area contributed by atoms with E-state index in [1.54, 1.807) is 0 Å². The summed E-state index contributed by atoms with van der Waals surface area (Å²) < 4.78 is 2.48. The molecule has 1 fully saturated rings. The molecule has 0 radical (unpaired) electrons. The van der Waals surface area contributed by atoms with Crippen molar-refractivity contribution < 1.29 is 0 Å². The Bertz CT molecular complexity index is 595. The number of hydrogen-bond acceptors (Lipinski definition) is 4. The molecular formula is C19H25N3S. The van der Waals surface area contributed by atoms with Crippen LogP contribution in [0.5, 0.6) is 0 Å². The predicted molar refractivity (Wildman–Crippen MR) is 100 cm³/mol. The summed E-state index contributed by atoms with van der Waals surface area (Å²) in [5.41, 5.74) is 2.62. The Balaban J connectivity index is 1.43. The first-order valence-electron chi connectivity index (χ1n) is 8.30. The first-order chi connectivity index (χ1) is 11.3. The lowest BCUT2D eigenvalue weighted by atomic mass is 10.1. The molecule has 1 aliphatic rings. The normalized spacial score (nSPS) is 16.4. The van der Waals surface area contributed by atoms with E-state index in [1.165, 1.54) is 16.1 Å². The molecule has 3 rings (SSSR count). The van der Waals surface area contributed by atoms with E-state index in [9.17, 15) is 0 Å². The van der Waals surface area contributed by atoms with E-state index in [-0.39, 0.29) is 0 Å². The third-order valence-corrected chi connectivity index (χ3v) is 5.34. The molecule has 0 amide bonds. The number of rotatable bonds is 6. The van der Waals surface area contributed by atoms with Gasteiger partial charge in [-0.25, -0.2) is 4.31 Å². The average Bonchev–Trinajstić information content (AvgIpc) is 2.62. The summed E-state index contributed by atoms with van der Waals surface area (Å²) >= 11 is 1.88. The first-order valence-corrected chi connectivity index (χ1v) is 9.08. The zero-order chi connectivity index (χ0) is 15.9. The number of nitrogens with one attached hydrogen (secondary N) is 1. The largest absolute Gasteiger partial charge is 0.388 e. The average molecular weight is 327 g/mol. The van der Waals surface area contributed by atoms with Crippen molar-refractivity contribution in [3.05, 3.63) is 60.2 Å². The van der Waals surface area contributed by atoms with Gasteiger partial charge in [0.05, 0.1) is 0 Å². The van der Waals surface area contributed by atoms with Crippen LogP contribution in [0.4, 0.5) is 5.69 Å². The van der Waals surface area contributed by atoms with Crippen molar-refractivity contribution in [1.29, 1.82) is 0 Å². The molecule has 23 heavy (non-hydrogen) atoms. The highest BCUT2D eigenvalue weighted by molar-refractivity contribution is 7.97. The summed E-state index contributed by atoms with van der Waals surface area (Å²) in [6.45, 7) is 5.74. The Kier molecular flexibility index (Phi) is 5.97. The summed E-state index contributed by atoms with van der Waals surface area (Å²) in [5, 5.41) is 3.20. The van der Waals surface area contributed by atoms with E-state index >= 15 is 0 Å². The molecule has 1 aliphatic heterocycles. The number of piperazine rings is 1. The van der Waals surface area contributed by atoms with Gasteiger partial charge in [-0.3, -0.25) is 0 Å². The highest BCUT2D eigenvalue weighted by atomic mass is 32.2. The maximum Gasteiger partial charge on any atom is 0.0349 e. The van der Waals surface area contributed by atoms with Crippen molar-refractivity contribution in [2.75, 3.05) is 45.1 Å². The molecule has 2 aromatic rings. The minimum atomic E-state index is 1.13. The van der Waals surface area contributed by atoms with Gasteiger partial charge in [0.2, 0.25) is 0 Å². The van der Waals surface area contributed by atoms with Crippen molar-refractivity contribution in [3.63, 3.8) is 0 Å². The Morgan fingerprint density at radius 1 is 0.957 bits per heavy atom. The van der Waals surface area contributed by atoms with E-state index < -0.39 is 0 Å². The third-order valence-electron chi connectivity index (χ3n) is 4.25. The lowest BCUT2D eigenvalue weighted by Crippen LogP contribution is -2.44. The van der Waals surface area contributed by atoms with E-state index in [2.05, 4.69) is 69.1 Å². The van der Waals surface area contributed by atoms with Gasteiger partial charge in [0, 0.05) is 50.4 Å². The van der Waals surface area contributed by atoms with E-state index in [1.807, 2.05) is 19.0 Å². The van der Waals surface area contributed by atoms with Crippen LogP contribution in [0.3, 0.4) is 0 Å². The van der Waals surface area contributed by atoms with Gasteiger partial charge in [-0.05, 0) is 42.1 Å². The molecule has 0 atom stereocenters. The minimum Gasteiger partial charge on any atom is -0.388 e. The number of benzene rings is 2. The van der Waals surface area contributed by atoms with Crippen molar-refractivity contribution in [2.45, 2.75) is 11.3 Å². The summed E-state index contributed by atoms with van der Waals surface area (Å²) in [4.78, 5) is 3.89. The van der Waals surface area contributed by atoms with Gasteiger partial charge in [0.1, 0.15) is 0 Å². The Morgan fingerprint density at radius 2 is 1.74 bits per heavy atom. The fraction of sp³-hybridized carbons (Fsp3) is 0.368. The van der Waals surface area contributed by atoms with Crippen LogP contribution in [0, 0.1) is 0 Å². The monoisotopic (exact) mass is 327 g/mol. The summed E-state index contributed by atoms with van der Waals surface area (Å²) in [6.07, 6.45) is 1.15. The Hall–Kier alpha value is -1.49. The van der Waals surface area contributed by atoms with E-state index in [0.717, 1.165) is 39.1 Å². The SMILES string of the molecule is CNc1cccc(SN2CCN(CCc3ccccc3)CC2)c1. The Labute approximate surface area is 143 Å². The van der Waals surface area contributed by atoms with E-state index in [0.29, 0.717) is 0 Å². The molecule has 3 nitrogen and oxygen atoms in total. The molecule has 1 N–H and O–H groups in total. The molecule has 122 valence electrons. The molecule has 0 saturated carbocycles. The van der Waals surface area contributed by atoms with Crippen LogP contribution in [-0.4, -0.2) is 49.0 Å². The van der Waals surface area contributed by atoms with Gasteiger partial charge in [-0.1, -0.05) is 36.4 Å². The van der Waals surface area contributed by atoms with Crippen LogP contribution >= 0.6 is 11.9 Å². The molecular weight excluding hydrogens is 302 g/mol. The molecule has 0 unspecified atom stereocenters. The quantitative estimate of drug-likeness (QED) is 0.817. The predicted octanol–water partition coefficient (Wildman–Crippen LogP) is 3.60. The van der Waals surface area contributed by atoms with Gasteiger partial charge in [-0.15, -0.1) is 0 Å². The fourth-order valence-electron chi connectivity index (χ4n) is 2.83. The smallest absolute Gasteiger partial charge is 0.0349 e. The molecule has 0 bridgehead atoms. The van der Waals surface area contributed by atoms with Crippen molar-refractivity contribution in [1.82, 2.24) is 9.21 Å². The third kappa shape index (κ3) is 4.99. The molecule has 1 heterocycles. The van der Waals surface area contributed by atoms with Crippen molar-refractivity contribution in [2.24, 2.45) is 0 Å². The second-order valence-electron chi connectivity index (χ2n) is 5.88. The molecule has 2 aromatic carbocycles. The van der Waals surface area contributed by atoms with Crippen molar-refractivity contribution in [3.8, 4) is 0 Å². The topological polar surface area (TPSA) is 18.5 Å². The fourth-order valence-corrected chi connectivity index (χ4v) is 3.80. The van der Waals surface area contributed by atoms with Crippen molar-refractivity contribution >= 4 is 17.6 Å². The van der Waals surface area contributed by atoms with Gasteiger partial charge < -0.3 is 10.2 Å². The second kappa shape index (κ2) is 8.39. The standard InChI is InChI=1S/C19H25N3S/c1-20-18-8-5-9-19(16-18)23-22-14-12-21(13-15-22)11-10-17-6-3-2-4-7-17/h2-9,16,20H,10-15H2,1H3. The van der Waals surface area contributed by atoms with Crippen LogP contribution in [0.25, 0.3) is 0 Å². The van der Waals surface area contributed by atoms with Crippen LogP contribution in [0.1, 0.15) is 5.56 Å². The Morgan fingerprint density at radius 3 is 2.48 bits per heavy atom. The zero-order valence-corrected chi connectivity index (χ0v) is 14.6. The highest BCUT2D eigenvalue weighted by Gasteiger charge is 2.17. The second-order valence-corrected chi connectivity index (χ2v) is 7.05. The summed E-state index contributed by atoms with van der Waals surface area (Å²) in [5.74, 6) is 0. The molecule has 4 heteroatoms. The van der Waals surface area contributed by atoms with Crippen LogP contribution in [0.15, 0.2) is 59.5 Å². The van der Waals surface area contributed by atoms with Crippen LogP contribution < -0.4 is 5.32 Å². The number of nitrogens with zero attached hydrogens (tertiary/aromatic N) is 2. The first kappa shape index (κ1) is 16.4. The maximum atomic E-state index is 3.20. The minimum absolute atomic E-state index is 1.13. The van der Waals surface area contributed by atoms with Gasteiger partial charge >= 0.3 is 0 Å². The van der Waals surface area contributed by atoms with Crippen LogP contribution in [0.2, 0.25) is 0 Å². The molecule has 0 aromatic heterocycles.